The van der Waals surface area contributed by atoms with Crippen LogP contribution in [0.5, 0.6) is 11.5 Å². The molecule has 1 amide bonds. The summed E-state index contributed by atoms with van der Waals surface area (Å²) < 4.78 is 31.9. The third-order valence-electron chi connectivity index (χ3n) is 4.34. The molecule has 1 fully saturated rings. The first-order chi connectivity index (χ1) is 12.0. The second-order valence-corrected chi connectivity index (χ2v) is 6.25. The van der Waals surface area contributed by atoms with E-state index >= 15 is 0 Å². The molecule has 4 nitrogen and oxygen atoms in total. The highest BCUT2D eigenvalue weighted by Gasteiger charge is 2.23. The van der Waals surface area contributed by atoms with Gasteiger partial charge in [-0.2, -0.15) is 0 Å². The molecular formula is C19H21ClF2N2O2. The fraction of sp³-hybridized carbons (Fsp3) is 0.316. The van der Waals surface area contributed by atoms with Crippen LogP contribution >= 0.6 is 12.4 Å². The summed E-state index contributed by atoms with van der Waals surface area (Å²) in [7, 11) is 0. The first-order valence-corrected chi connectivity index (χ1v) is 8.27. The van der Waals surface area contributed by atoms with Crippen molar-refractivity contribution in [2.24, 2.45) is 5.92 Å². The van der Waals surface area contributed by atoms with Crippen LogP contribution in [0.1, 0.15) is 23.7 Å². The monoisotopic (exact) mass is 382 g/mol. The zero-order valence-electron chi connectivity index (χ0n) is 14.3. The fourth-order valence-electron chi connectivity index (χ4n) is 2.84. The zero-order valence-corrected chi connectivity index (χ0v) is 15.1. The summed E-state index contributed by atoms with van der Waals surface area (Å²) in [6.45, 7) is 3.89. The van der Waals surface area contributed by atoms with Gasteiger partial charge in [-0.25, -0.2) is 8.78 Å². The van der Waals surface area contributed by atoms with Crippen LogP contribution in [0.2, 0.25) is 0 Å². The van der Waals surface area contributed by atoms with Crippen LogP contribution in [0.25, 0.3) is 0 Å². The number of hydrogen-bond donors (Lipinski definition) is 2. The Balaban J connectivity index is 0.00000243. The predicted molar refractivity (Wildman–Crippen MR) is 98.0 cm³/mol. The summed E-state index contributed by atoms with van der Waals surface area (Å²) >= 11 is 0. The van der Waals surface area contributed by atoms with E-state index in [0.717, 1.165) is 31.6 Å². The Morgan fingerprint density at radius 3 is 2.58 bits per heavy atom. The number of carbonyl (C=O) groups is 1. The molecule has 3 rings (SSSR count). The van der Waals surface area contributed by atoms with E-state index in [-0.39, 0.29) is 30.1 Å². The lowest BCUT2D eigenvalue weighted by Crippen LogP contribution is -2.48. The smallest absolute Gasteiger partial charge is 0.251 e. The minimum atomic E-state index is -0.776. The number of hydrogen-bond acceptors (Lipinski definition) is 3. The van der Waals surface area contributed by atoms with E-state index < -0.39 is 11.6 Å². The molecule has 1 heterocycles. The van der Waals surface area contributed by atoms with Gasteiger partial charge < -0.3 is 15.4 Å². The summed E-state index contributed by atoms with van der Waals surface area (Å²) in [5.74, 6) is -0.898. The van der Waals surface area contributed by atoms with Gasteiger partial charge in [-0.3, -0.25) is 4.79 Å². The van der Waals surface area contributed by atoms with E-state index in [1.165, 1.54) is 6.07 Å². The van der Waals surface area contributed by atoms with Crippen LogP contribution in [-0.4, -0.2) is 25.0 Å². The van der Waals surface area contributed by atoms with Crippen molar-refractivity contribution >= 4 is 18.3 Å². The zero-order chi connectivity index (χ0) is 17.8. The van der Waals surface area contributed by atoms with Crippen molar-refractivity contribution in [3.05, 3.63) is 59.7 Å². The summed E-state index contributed by atoms with van der Waals surface area (Å²) in [6.07, 6.45) is 0.901. The first-order valence-electron chi connectivity index (χ1n) is 8.27. The molecule has 2 aromatic rings. The van der Waals surface area contributed by atoms with E-state index in [1.54, 1.807) is 24.3 Å². The molecule has 0 spiro atoms. The Labute approximate surface area is 157 Å². The Morgan fingerprint density at radius 1 is 1.19 bits per heavy atom. The lowest BCUT2D eigenvalue weighted by Gasteiger charge is -2.30. The third-order valence-corrected chi connectivity index (χ3v) is 4.34. The molecule has 1 aliphatic rings. The van der Waals surface area contributed by atoms with Gasteiger partial charge in [-0.05, 0) is 61.8 Å². The van der Waals surface area contributed by atoms with Gasteiger partial charge in [0.05, 0.1) is 0 Å². The van der Waals surface area contributed by atoms with Gasteiger partial charge >= 0.3 is 0 Å². The molecule has 0 bridgehead atoms. The summed E-state index contributed by atoms with van der Waals surface area (Å²) in [6, 6.07) is 9.68. The quantitative estimate of drug-likeness (QED) is 0.843. The number of nitrogens with one attached hydrogen (secondary N) is 2. The van der Waals surface area contributed by atoms with Gasteiger partial charge in [0.1, 0.15) is 11.6 Å². The van der Waals surface area contributed by atoms with Gasteiger partial charge in [0.2, 0.25) is 0 Å². The Kier molecular flexibility index (Phi) is 6.94. The van der Waals surface area contributed by atoms with Crippen molar-refractivity contribution in [1.82, 2.24) is 10.6 Å². The minimum Gasteiger partial charge on any atom is -0.454 e. The number of ether oxygens (including phenoxy) is 1. The molecule has 140 valence electrons. The average molecular weight is 383 g/mol. The Bertz CT molecular complexity index is 756. The highest BCUT2D eigenvalue weighted by Crippen LogP contribution is 2.25. The molecule has 0 aromatic heterocycles. The highest BCUT2D eigenvalue weighted by molar-refractivity contribution is 5.94. The van der Waals surface area contributed by atoms with Gasteiger partial charge in [-0.1, -0.05) is 6.92 Å². The second kappa shape index (κ2) is 8.96. The number of rotatable bonds is 4. The lowest BCUT2D eigenvalue weighted by molar-refractivity contribution is 0.0914. The highest BCUT2D eigenvalue weighted by atomic mass is 35.5. The second-order valence-electron chi connectivity index (χ2n) is 6.25. The molecule has 2 unspecified atom stereocenters. The molecule has 2 atom stereocenters. The third kappa shape index (κ3) is 4.93. The summed E-state index contributed by atoms with van der Waals surface area (Å²) in [5.41, 5.74) is 0.512. The maximum absolute atomic E-state index is 13.6. The fourth-order valence-corrected chi connectivity index (χ4v) is 2.84. The van der Waals surface area contributed by atoms with Crippen LogP contribution in [-0.2, 0) is 0 Å². The van der Waals surface area contributed by atoms with Crippen molar-refractivity contribution in [3.63, 3.8) is 0 Å². The lowest BCUT2D eigenvalue weighted by atomic mass is 9.95. The topological polar surface area (TPSA) is 50.4 Å². The molecule has 1 saturated heterocycles. The molecule has 2 aromatic carbocycles. The molecule has 0 saturated carbocycles. The summed E-state index contributed by atoms with van der Waals surface area (Å²) in [4.78, 5) is 12.3. The predicted octanol–water partition coefficient (Wildman–Crippen LogP) is 3.91. The molecular weight excluding hydrogens is 362 g/mol. The number of piperidine rings is 1. The maximum atomic E-state index is 13.6. The maximum Gasteiger partial charge on any atom is 0.251 e. The van der Waals surface area contributed by atoms with Gasteiger partial charge in [-0.15, -0.1) is 12.4 Å². The van der Waals surface area contributed by atoms with E-state index in [2.05, 4.69) is 17.6 Å². The molecule has 26 heavy (non-hydrogen) atoms. The molecule has 0 radical (unpaired) electrons. The van der Waals surface area contributed by atoms with Crippen LogP contribution in [0.15, 0.2) is 42.5 Å². The van der Waals surface area contributed by atoms with Crippen LogP contribution < -0.4 is 15.4 Å². The van der Waals surface area contributed by atoms with Crippen molar-refractivity contribution in [2.75, 3.05) is 13.1 Å². The standard InChI is InChI=1S/C19H20F2N2O2.ClH/c1-12-11-22-9-8-17(12)23-19(24)13-2-5-15(6-3-13)25-18-7-4-14(20)10-16(18)21;/h2-7,10,12,17,22H,8-9,11H2,1H3,(H,23,24);1H. The number of halogens is 3. The van der Waals surface area contributed by atoms with E-state index in [1.807, 2.05) is 0 Å². The Hall–Kier alpha value is -2.18. The number of carbonyl (C=O) groups excluding carboxylic acids is 1. The van der Waals surface area contributed by atoms with Gasteiger partial charge in [0.15, 0.2) is 11.6 Å². The van der Waals surface area contributed by atoms with E-state index in [9.17, 15) is 13.6 Å². The van der Waals surface area contributed by atoms with E-state index in [4.69, 9.17) is 4.74 Å². The first kappa shape index (κ1) is 20.1. The van der Waals surface area contributed by atoms with Crippen molar-refractivity contribution in [1.29, 1.82) is 0 Å². The number of amides is 1. The molecule has 2 N–H and O–H groups in total. The largest absolute Gasteiger partial charge is 0.454 e. The number of benzene rings is 2. The summed E-state index contributed by atoms with van der Waals surface area (Å²) in [5, 5.41) is 6.34. The van der Waals surface area contributed by atoms with Crippen LogP contribution in [0.4, 0.5) is 8.78 Å². The molecule has 1 aliphatic heterocycles. The molecule has 0 aliphatic carbocycles. The average Bonchev–Trinajstić information content (AvgIpc) is 2.60. The van der Waals surface area contributed by atoms with Crippen molar-refractivity contribution < 1.29 is 18.3 Å². The SMILES string of the molecule is CC1CNCCC1NC(=O)c1ccc(Oc2ccc(F)cc2F)cc1.Cl. The minimum absolute atomic E-state index is 0. The van der Waals surface area contributed by atoms with Crippen LogP contribution in [0, 0.1) is 17.6 Å². The van der Waals surface area contributed by atoms with Gasteiger partial charge in [0.25, 0.3) is 5.91 Å². The molecule has 7 heteroatoms. The normalized spacial score (nSPS) is 19.3. The van der Waals surface area contributed by atoms with Gasteiger partial charge in [0, 0.05) is 17.7 Å². The van der Waals surface area contributed by atoms with E-state index in [0.29, 0.717) is 17.2 Å². The Morgan fingerprint density at radius 2 is 1.92 bits per heavy atom. The van der Waals surface area contributed by atoms with Crippen molar-refractivity contribution in [3.8, 4) is 11.5 Å². The van der Waals surface area contributed by atoms with Crippen LogP contribution in [0.3, 0.4) is 0 Å². The van der Waals surface area contributed by atoms with Crippen molar-refractivity contribution in [2.45, 2.75) is 19.4 Å².